The topological polar surface area (TPSA) is 108 Å². The number of nitrogens with one attached hydrogen (secondary N) is 2. The van der Waals surface area contributed by atoms with Crippen LogP contribution in [0.25, 0.3) is 0 Å². The molecule has 0 unspecified atom stereocenters. The second-order valence-corrected chi connectivity index (χ2v) is 5.65. The van der Waals surface area contributed by atoms with Crippen molar-refractivity contribution < 1.29 is 19.2 Å². The maximum atomic E-state index is 12.4. The number of nitrogens with zero attached hydrogens (tertiary/aromatic N) is 2. The van der Waals surface area contributed by atoms with Gasteiger partial charge in [0.1, 0.15) is 5.69 Å². The van der Waals surface area contributed by atoms with Crippen LogP contribution in [0.15, 0.2) is 48.7 Å². The van der Waals surface area contributed by atoms with Crippen LogP contribution in [-0.4, -0.2) is 40.1 Å². The van der Waals surface area contributed by atoms with Crippen molar-refractivity contribution in [2.24, 2.45) is 0 Å². The lowest BCUT2D eigenvalue weighted by Crippen LogP contribution is -2.46. The number of benzene rings is 1. The number of hydrogen-bond donors (Lipinski definition) is 2. The number of fused-ring (bicyclic) bond motifs is 1. The Morgan fingerprint density at radius 2 is 1.81 bits per heavy atom. The average molecular weight is 352 g/mol. The van der Waals surface area contributed by atoms with Crippen molar-refractivity contribution in [2.75, 3.05) is 6.54 Å². The molecule has 0 bridgehead atoms. The fraction of sp³-hybridized carbons (Fsp3) is 0.167. The highest BCUT2D eigenvalue weighted by molar-refractivity contribution is 6.09. The van der Waals surface area contributed by atoms with Crippen molar-refractivity contribution >= 4 is 23.6 Å². The Hall–Kier alpha value is -3.55. The van der Waals surface area contributed by atoms with Crippen LogP contribution < -0.4 is 10.9 Å². The molecule has 0 atom stereocenters. The van der Waals surface area contributed by atoms with Gasteiger partial charge in [-0.05, 0) is 23.8 Å². The van der Waals surface area contributed by atoms with Gasteiger partial charge in [0, 0.05) is 24.7 Å². The van der Waals surface area contributed by atoms with E-state index in [0.29, 0.717) is 11.1 Å². The molecule has 0 radical (unpaired) electrons. The summed E-state index contributed by atoms with van der Waals surface area (Å²) in [7, 11) is 0. The number of imide groups is 1. The first-order chi connectivity index (χ1) is 12.6. The van der Waals surface area contributed by atoms with Gasteiger partial charge in [0.05, 0.1) is 6.42 Å². The average Bonchev–Trinajstić information content (AvgIpc) is 2.66. The van der Waals surface area contributed by atoms with Crippen molar-refractivity contribution in [3.8, 4) is 0 Å². The van der Waals surface area contributed by atoms with E-state index in [2.05, 4.69) is 15.8 Å². The quantitative estimate of drug-likeness (QED) is 0.614. The summed E-state index contributed by atoms with van der Waals surface area (Å²) in [6.45, 7) is -0.0582. The van der Waals surface area contributed by atoms with E-state index in [-0.39, 0.29) is 31.0 Å². The number of hydrogen-bond acceptors (Lipinski definition) is 5. The van der Waals surface area contributed by atoms with Gasteiger partial charge in [-0.1, -0.05) is 24.3 Å². The molecule has 2 heterocycles. The SMILES string of the molecule is O=C(CCN1C(=O)Cc2ccccc2C1=O)NNC(=O)c1ccccn1. The molecule has 2 N–H and O–H groups in total. The first-order valence-corrected chi connectivity index (χ1v) is 7.99. The van der Waals surface area contributed by atoms with Crippen LogP contribution in [0.3, 0.4) is 0 Å². The Labute approximate surface area is 149 Å². The van der Waals surface area contributed by atoms with Crippen LogP contribution in [0, 0.1) is 0 Å². The van der Waals surface area contributed by atoms with Gasteiger partial charge >= 0.3 is 0 Å². The van der Waals surface area contributed by atoms with E-state index in [1.54, 1.807) is 36.4 Å². The van der Waals surface area contributed by atoms with Crippen LogP contribution in [0.1, 0.15) is 32.8 Å². The Kier molecular flexibility index (Phi) is 5.02. The zero-order valence-corrected chi connectivity index (χ0v) is 13.8. The van der Waals surface area contributed by atoms with E-state index in [4.69, 9.17) is 0 Å². The summed E-state index contributed by atoms with van der Waals surface area (Å²) < 4.78 is 0. The minimum atomic E-state index is -0.557. The summed E-state index contributed by atoms with van der Waals surface area (Å²) >= 11 is 0. The fourth-order valence-electron chi connectivity index (χ4n) is 2.59. The number of carbonyl (C=O) groups is 4. The van der Waals surface area contributed by atoms with E-state index < -0.39 is 17.7 Å². The van der Waals surface area contributed by atoms with Crippen LogP contribution in [0.5, 0.6) is 0 Å². The largest absolute Gasteiger partial charge is 0.288 e. The fourth-order valence-corrected chi connectivity index (χ4v) is 2.59. The second-order valence-electron chi connectivity index (χ2n) is 5.65. The van der Waals surface area contributed by atoms with Gasteiger partial charge < -0.3 is 0 Å². The second kappa shape index (κ2) is 7.56. The van der Waals surface area contributed by atoms with E-state index in [9.17, 15) is 19.2 Å². The molecule has 4 amide bonds. The summed E-state index contributed by atoms with van der Waals surface area (Å²) in [5.41, 5.74) is 5.79. The lowest BCUT2D eigenvalue weighted by atomic mass is 9.98. The number of hydrazine groups is 1. The minimum Gasteiger partial charge on any atom is -0.278 e. The van der Waals surface area contributed by atoms with Crippen LogP contribution in [-0.2, 0) is 16.0 Å². The van der Waals surface area contributed by atoms with Gasteiger partial charge in [0.2, 0.25) is 11.8 Å². The number of carbonyl (C=O) groups excluding carboxylic acids is 4. The molecule has 0 saturated heterocycles. The lowest BCUT2D eigenvalue weighted by molar-refractivity contribution is -0.129. The monoisotopic (exact) mass is 352 g/mol. The van der Waals surface area contributed by atoms with Gasteiger partial charge in [-0.15, -0.1) is 0 Å². The highest BCUT2D eigenvalue weighted by Crippen LogP contribution is 2.19. The summed E-state index contributed by atoms with van der Waals surface area (Å²) in [5.74, 6) is -1.84. The molecule has 0 spiro atoms. The Balaban J connectivity index is 1.52. The van der Waals surface area contributed by atoms with Crippen LogP contribution in [0.4, 0.5) is 0 Å². The molecule has 1 aliphatic heterocycles. The first-order valence-electron chi connectivity index (χ1n) is 7.99. The smallest absolute Gasteiger partial charge is 0.278 e. The molecule has 0 aliphatic carbocycles. The van der Waals surface area contributed by atoms with Gasteiger partial charge in [-0.2, -0.15) is 0 Å². The third-order valence-electron chi connectivity index (χ3n) is 3.91. The van der Waals surface area contributed by atoms with Gasteiger partial charge in [0.15, 0.2) is 0 Å². The maximum absolute atomic E-state index is 12.4. The van der Waals surface area contributed by atoms with E-state index >= 15 is 0 Å². The van der Waals surface area contributed by atoms with Crippen molar-refractivity contribution in [2.45, 2.75) is 12.8 Å². The molecule has 3 rings (SSSR count). The van der Waals surface area contributed by atoms with Crippen molar-refractivity contribution in [1.29, 1.82) is 0 Å². The van der Waals surface area contributed by atoms with E-state index in [1.807, 2.05) is 0 Å². The Morgan fingerprint density at radius 3 is 2.58 bits per heavy atom. The highest BCUT2D eigenvalue weighted by Gasteiger charge is 2.30. The third kappa shape index (κ3) is 3.75. The first kappa shape index (κ1) is 17.3. The molecule has 1 aliphatic rings. The molecule has 8 nitrogen and oxygen atoms in total. The predicted octanol–water partition coefficient (Wildman–Crippen LogP) is 0.458. The molecule has 1 aromatic carbocycles. The zero-order chi connectivity index (χ0) is 18.5. The van der Waals surface area contributed by atoms with Crippen LogP contribution in [0.2, 0.25) is 0 Å². The van der Waals surface area contributed by atoms with Crippen molar-refractivity contribution in [3.05, 3.63) is 65.5 Å². The van der Waals surface area contributed by atoms with Gasteiger partial charge in [-0.25, -0.2) is 0 Å². The summed E-state index contributed by atoms with van der Waals surface area (Å²) in [5, 5.41) is 0. The van der Waals surface area contributed by atoms with Gasteiger partial charge in [-0.3, -0.25) is 39.9 Å². The zero-order valence-electron chi connectivity index (χ0n) is 13.8. The highest BCUT2D eigenvalue weighted by atomic mass is 16.2. The Morgan fingerprint density at radius 1 is 1.04 bits per heavy atom. The molecule has 26 heavy (non-hydrogen) atoms. The normalized spacial score (nSPS) is 13.2. The lowest BCUT2D eigenvalue weighted by Gasteiger charge is -2.26. The van der Waals surface area contributed by atoms with Crippen LogP contribution >= 0.6 is 0 Å². The molecule has 0 fully saturated rings. The Bertz CT molecular complexity index is 867. The molecule has 0 saturated carbocycles. The standard InChI is InChI=1S/C18H16N4O4/c23-15(20-21-17(25)14-7-3-4-9-19-14)8-10-22-16(24)11-12-5-1-2-6-13(12)18(22)26/h1-7,9H,8,10-11H2,(H,20,23)(H,21,25). The summed E-state index contributed by atoms with van der Waals surface area (Å²) in [6.07, 6.45) is 1.46. The van der Waals surface area contributed by atoms with Crippen molar-refractivity contribution in [3.63, 3.8) is 0 Å². The maximum Gasteiger partial charge on any atom is 0.288 e. The number of pyridine rings is 1. The summed E-state index contributed by atoms with van der Waals surface area (Å²) in [6, 6.07) is 11.7. The molecule has 132 valence electrons. The molecular weight excluding hydrogens is 336 g/mol. The van der Waals surface area contributed by atoms with Crippen molar-refractivity contribution in [1.82, 2.24) is 20.7 Å². The molecule has 1 aromatic heterocycles. The number of aromatic nitrogens is 1. The predicted molar refractivity (Wildman–Crippen MR) is 90.7 cm³/mol. The molecular formula is C18H16N4O4. The van der Waals surface area contributed by atoms with Gasteiger partial charge in [0.25, 0.3) is 11.8 Å². The number of rotatable bonds is 4. The summed E-state index contributed by atoms with van der Waals surface area (Å²) in [4.78, 5) is 53.1. The molecule has 2 aromatic rings. The minimum absolute atomic E-state index is 0.0582. The van der Waals surface area contributed by atoms with E-state index in [1.165, 1.54) is 12.3 Å². The third-order valence-corrected chi connectivity index (χ3v) is 3.91. The number of amides is 4. The molecule has 8 heteroatoms. The van der Waals surface area contributed by atoms with E-state index in [0.717, 1.165) is 4.90 Å².